The van der Waals surface area contributed by atoms with Gasteiger partial charge in [-0.25, -0.2) is 4.98 Å². The largest absolute Gasteiger partial charge is 0.416 e. The zero-order valence-corrected chi connectivity index (χ0v) is 13.3. The predicted molar refractivity (Wildman–Crippen MR) is 81.7 cm³/mol. The molecule has 0 atom stereocenters. The van der Waals surface area contributed by atoms with Crippen molar-refractivity contribution in [2.24, 2.45) is 5.41 Å². The van der Waals surface area contributed by atoms with Gasteiger partial charge in [0.2, 0.25) is 0 Å². The minimum Gasteiger partial charge on any atom is -0.241 e. The summed E-state index contributed by atoms with van der Waals surface area (Å²) < 4.78 is 38.7. The Hall–Kier alpha value is -1.23. The average molecular weight is 313 g/mol. The molecule has 1 aromatic carbocycles. The number of benzene rings is 1. The molecule has 1 nitrogen and oxygen atoms in total. The molecule has 0 saturated carbocycles. The van der Waals surface area contributed by atoms with Crippen molar-refractivity contribution >= 4 is 22.7 Å². The lowest BCUT2D eigenvalue weighted by Gasteiger charge is -2.20. The van der Waals surface area contributed by atoms with E-state index < -0.39 is 11.7 Å². The summed E-state index contributed by atoms with van der Waals surface area (Å²) in [6, 6.07) is 5.68. The molecular weight excluding hydrogens is 295 g/mol. The molecular formula is C16H18F3NS. The van der Waals surface area contributed by atoms with Gasteiger partial charge in [0.05, 0.1) is 16.1 Å². The van der Waals surface area contributed by atoms with E-state index in [1.54, 1.807) is 0 Å². The van der Waals surface area contributed by atoms with Crippen molar-refractivity contribution in [3.8, 4) is 0 Å². The molecule has 0 aliphatic rings. The molecule has 2 rings (SSSR count). The number of alkyl halides is 3. The molecule has 1 heterocycles. The molecule has 0 amide bonds. The smallest absolute Gasteiger partial charge is 0.241 e. The third-order valence-corrected chi connectivity index (χ3v) is 3.76. The Morgan fingerprint density at radius 3 is 2.29 bits per heavy atom. The fraction of sp³-hybridized carbons (Fsp3) is 0.438. The van der Waals surface area contributed by atoms with Crippen molar-refractivity contribution in [1.29, 1.82) is 0 Å². The van der Waals surface area contributed by atoms with Gasteiger partial charge in [0, 0.05) is 5.39 Å². The average Bonchev–Trinajstić information content (AvgIpc) is 2.35. The summed E-state index contributed by atoms with van der Waals surface area (Å²) in [5.74, 6) is 0. The van der Waals surface area contributed by atoms with Gasteiger partial charge in [-0.15, -0.1) is 11.8 Å². The highest BCUT2D eigenvalue weighted by molar-refractivity contribution is 7.98. The van der Waals surface area contributed by atoms with E-state index >= 15 is 0 Å². The van der Waals surface area contributed by atoms with E-state index in [4.69, 9.17) is 0 Å². The van der Waals surface area contributed by atoms with E-state index in [2.05, 4.69) is 25.8 Å². The van der Waals surface area contributed by atoms with Crippen molar-refractivity contribution in [3.63, 3.8) is 0 Å². The Bertz CT molecular complexity index is 657. The lowest BCUT2D eigenvalue weighted by molar-refractivity contribution is -0.137. The fourth-order valence-electron chi connectivity index (χ4n) is 2.27. The van der Waals surface area contributed by atoms with Crippen molar-refractivity contribution in [3.05, 3.63) is 35.4 Å². The van der Waals surface area contributed by atoms with Gasteiger partial charge in [-0.2, -0.15) is 13.2 Å². The molecule has 0 fully saturated rings. The van der Waals surface area contributed by atoms with E-state index in [9.17, 15) is 13.2 Å². The van der Waals surface area contributed by atoms with E-state index in [1.165, 1.54) is 23.9 Å². The summed E-state index contributed by atoms with van der Waals surface area (Å²) in [6.07, 6.45) is -1.70. The number of nitrogens with zero attached hydrogens (tertiary/aromatic N) is 1. The van der Waals surface area contributed by atoms with Gasteiger partial charge in [-0.05, 0) is 47.9 Å². The minimum atomic E-state index is -4.33. The van der Waals surface area contributed by atoms with Gasteiger partial charge in [-0.1, -0.05) is 20.8 Å². The lowest BCUT2D eigenvalue weighted by Crippen LogP contribution is -2.11. The summed E-state index contributed by atoms with van der Waals surface area (Å²) >= 11 is 1.50. The van der Waals surface area contributed by atoms with Gasteiger partial charge in [0.1, 0.15) is 0 Å². The first-order valence-corrected chi connectivity index (χ1v) is 7.87. The van der Waals surface area contributed by atoms with Crippen molar-refractivity contribution < 1.29 is 13.2 Å². The van der Waals surface area contributed by atoms with Crippen molar-refractivity contribution in [2.75, 3.05) is 6.26 Å². The molecule has 0 aliphatic heterocycles. The van der Waals surface area contributed by atoms with Crippen LogP contribution < -0.4 is 0 Å². The van der Waals surface area contributed by atoms with Crippen LogP contribution >= 0.6 is 11.8 Å². The highest BCUT2D eigenvalue weighted by atomic mass is 32.2. The predicted octanol–water partition coefficient (Wildman–Crippen LogP) is 5.56. The Labute approximate surface area is 127 Å². The number of halogens is 3. The van der Waals surface area contributed by atoms with Crippen LogP contribution in [0.15, 0.2) is 29.3 Å². The van der Waals surface area contributed by atoms with E-state index in [1.807, 2.05) is 12.3 Å². The number of thioether (sulfide) groups is 1. The van der Waals surface area contributed by atoms with Gasteiger partial charge >= 0.3 is 6.18 Å². The van der Waals surface area contributed by atoms with Crippen molar-refractivity contribution in [1.82, 2.24) is 4.98 Å². The molecule has 0 bridgehead atoms. The van der Waals surface area contributed by atoms with E-state index in [0.29, 0.717) is 17.3 Å². The van der Waals surface area contributed by atoms with Crippen molar-refractivity contribution in [2.45, 2.75) is 38.4 Å². The Morgan fingerprint density at radius 1 is 1.10 bits per heavy atom. The fourth-order valence-corrected chi connectivity index (χ4v) is 2.72. The zero-order chi connectivity index (χ0) is 15.8. The molecule has 0 radical (unpaired) electrons. The lowest BCUT2D eigenvalue weighted by atomic mass is 9.87. The number of fused-ring (bicyclic) bond motifs is 1. The van der Waals surface area contributed by atoms with Crippen LogP contribution in [0.1, 0.15) is 31.9 Å². The molecule has 0 spiro atoms. The standard InChI is InChI=1S/C16H18F3NS/c1-15(2,3)9-10-7-14(21-4)20-13-6-5-11(8-12(10)13)16(17,18)19/h5-8H,9H2,1-4H3. The molecule has 0 N–H and O–H groups in total. The van der Waals surface area contributed by atoms with Gasteiger partial charge in [0.15, 0.2) is 0 Å². The summed E-state index contributed by atoms with van der Waals surface area (Å²) in [5, 5.41) is 1.43. The van der Waals surface area contributed by atoms with Gasteiger partial charge < -0.3 is 0 Å². The van der Waals surface area contributed by atoms with Crippen LogP contribution in [-0.4, -0.2) is 11.2 Å². The summed E-state index contributed by atoms with van der Waals surface area (Å²) in [4.78, 5) is 4.40. The Morgan fingerprint density at radius 2 is 1.76 bits per heavy atom. The molecule has 21 heavy (non-hydrogen) atoms. The third kappa shape index (κ3) is 3.90. The van der Waals surface area contributed by atoms with Crippen LogP contribution in [0.4, 0.5) is 13.2 Å². The monoisotopic (exact) mass is 313 g/mol. The maximum atomic E-state index is 12.9. The number of hydrogen-bond donors (Lipinski definition) is 0. The molecule has 114 valence electrons. The summed E-state index contributed by atoms with van der Waals surface area (Å²) in [6.45, 7) is 6.23. The second-order valence-electron chi connectivity index (χ2n) is 6.29. The van der Waals surface area contributed by atoms with Gasteiger partial charge in [0.25, 0.3) is 0 Å². The molecule has 0 saturated heterocycles. The highest BCUT2D eigenvalue weighted by Gasteiger charge is 2.31. The third-order valence-electron chi connectivity index (χ3n) is 3.13. The van der Waals surface area contributed by atoms with Crippen LogP contribution in [-0.2, 0) is 12.6 Å². The maximum absolute atomic E-state index is 12.9. The van der Waals surface area contributed by atoms with Crippen LogP contribution in [0, 0.1) is 5.41 Å². The SMILES string of the molecule is CSc1cc(CC(C)(C)C)c2cc(C(F)(F)F)ccc2n1. The quantitative estimate of drug-likeness (QED) is 0.673. The summed E-state index contributed by atoms with van der Waals surface area (Å²) in [5.41, 5.74) is 0.916. The first-order valence-electron chi connectivity index (χ1n) is 6.65. The van der Waals surface area contributed by atoms with Crippen LogP contribution in [0.2, 0.25) is 0 Å². The number of hydrogen-bond acceptors (Lipinski definition) is 2. The van der Waals surface area contributed by atoms with Crippen LogP contribution in [0.5, 0.6) is 0 Å². The second kappa shape index (κ2) is 5.52. The molecule has 1 aromatic heterocycles. The molecule has 0 aliphatic carbocycles. The topological polar surface area (TPSA) is 12.9 Å². The maximum Gasteiger partial charge on any atom is 0.416 e. The first kappa shape index (κ1) is 16.1. The van der Waals surface area contributed by atoms with Crippen LogP contribution in [0.3, 0.4) is 0 Å². The molecule has 2 aromatic rings. The van der Waals surface area contributed by atoms with Crippen LogP contribution in [0.25, 0.3) is 10.9 Å². The Balaban J connectivity index is 2.66. The normalized spacial score (nSPS) is 12.9. The molecule has 0 unspecified atom stereocenters. The van der Waals surface area contributed by atoms with E-state index in [0.717, 1.165) is 16.7 Å². The first-order chi connectivity index (χ1) is 9.60. The minimum absolute atomic E-state index is 0.00179. The molecule has 5 heteroatoms. The van der Waals surface area contributed by atoms with Gasteiger partial charge in [-0.3, -0.25) is 0 Å². The second-order valence-corrected chi connectivity index (χ2v) is 7.12. The Kier molecular flexibility index (Phi) is 4.24. The highest BCUT2D eigenvalue weighted by Crippen LogP contribution is 2.34. The summed E-state index contributed by atoms with van der Waals surface area (Å²) in [7, 11) is 0. The van der Waals surface area contributed by atoms with E-state index in [-0.39, 0.29) is 5.41 Å². The zero-order valence-electron chi connectivity index (χ0n) is 12.5. The number of rotatable bonds is 2. The number of aromatic nitrogens is 1. The number of pyridine rings is 1.